The van der Waals surface area contributed by atoms with E-state index in [1.165, 1.54) is 12.1 Å². The van der Waals surface area contributed by atoms with Crippen LogP contribution in [0.15, 0.2) is 18.2 Å². The van der Waals surface area contributed by atoms with Crippen LogP contribution in [0.5, 0.6) is 5.75 Å². The van der Waals surface area contributed by atoms with Crippen LogP contribution < -0.4 is 4.74 Å². The Morgan fingerprint density at radius 2 is 1.68 bits per heavy atom. The fourth-order valence-electron chi connectivity index (χ4n) is 1.79. The number of hydrogen-bond acceptors (Lipinski definition) is 3. The number of amides is 1. The second-order valence-corrected chi connectivity index (χ2v) is 3.96. The minimum absolute atomic E-state index is 0.0569. The summed E-state index contributed by atoms with van der Waals surface area (Å²) in [7, 11) is 0. The van der Waals surface area contributed by atoms with Crippen molar-refractivity contribution in [2.75, 3.05) is 19.7 Å². The predicted octanol–water partition coefficient (Wildman–Crippen LogP) is 2.27. The molecule has 0 aliphatic rings. The molecule has 5 heteroatoms. The highest BCUT2D eigenvalue weighted by Crippen LogP contribution is 2.19. The van der Waals surface area contributed by atoms with Gasteiger partial charge in [-0.2, -0.15) is 0 Å². The standard InChI is InChI=1S/C14H19NO4/c1-4-15(5-2)13(16)10-7-11(14(17)18)9-12(8-10)19-6-3/h7-9H,4-6H2,1-3H3,(H,17,18). The van der Waals surface area contributed by atoms with Gasteiger partial charge in [-0.3, -0.25) is 4.79 Å². The minimum atomic E-state index is -1.07. The summed E-state index contributed by atoms with van der Waals surface area (Å²) in [5, 5.41) is 9.06. The second kappa shape index (κ2) is 6.78. The van der Waals surface area contributed by atoms with E-state index in [4.69, 9.17) is 9.84 Å². The van der Waals surface area contributed by atoms with Crippen molar-refractivity contribution in [3.05, 3.63) is 29.3 Å². The number of benzene rings is 1. The smallest absolute Gasteiger partial charge is 0.335 e. The average Bonchev–Trinajstić information content (AvgIpc) is 2.40. The van der Waals surface area contributed by atoms with Crippen LogP contribution in [0.4, 0.5) is 0 Å². The fourth-order valence-corrected chi connectivity index (χ4v) is 1.79. The van der Waals surface area contributed by atoms with Crippen LogP contribution in [0, 0.1) is 0 Å². The van der Waals surface area contributed by atoms with E-state index in [1.54, 1.807) is 17.9 Å². The molecule has 5 nitrogen and oxygen atoms in total. The van der Waals surface area contributed by atoms with E-state index >= 15 is 0 Å². The molecule has 0 aliphatic carbocycles. The number of hydrogen-bond donors (Lipinski definition) is 1. The first kappa shape index (κ1) is 15.0. The van der Waals surface area contributed by atoms with Crippen molar-refractivity contribution in [3.8, 4) is 5.75 Å². The van der Waals surface area contributed by atoms with Crippen molar-refractivity contribution in [2.45, 2.75) is 20.8 Å². The maximum atomic E-state index is 12.2. The summed E-state index contributed by atoms with van der Waals surface area (Å²) >= 11 is 0. The van der Waals surface area contributed by atoms with E-state index in [9.17, 15) is 9.59 Å². The molecule has 0 bridgehead atoms. The Bertz CT molecular complexity index is 467. The van der Waals surface area contributed by atoms with Crippen LogP contribution in [0.25, 0.3) is 0 Å². The van der Waals surface area contributed by atoms with Gasteiger partial charge >= 0.3 is 5.97 Å². The highest BCUT2D eigenvalue weighted by Gasteiger charge is 2.16. The third-order valence-electron chi connectivity index (χ3n) is 2.76. The van der Waals surface area contributed by atoms with Gasteiger partial charge in [0.1, 0.15) is 5.75 Å². The van der Waals surface area contributed by atoms with Crippen LogP contribution in [0.3, 0.4) is 0 Å². The molecular weight excluding hydrogens is 246 g/mol. The number of carboxylic acid groups (broad SMARTS) is 1. The summed E-state index contributed by atoms with van der Waals surface area (Å²) in [6.07, 6.45) is 0. The molecule has 0 unspecified atom stereocenters. The van der Waals surface area contributed by atoms with Crippen LogP contribution in [-0.4, -0.2) is 41.6 Å². The van der Waals surface area contributed by atoms with E-state index in [2.05, 4.69) is 0 Å². The van der Waals surface area contributed by atoms with Crippen molar-refractivity contribution in [1.29, 1.82) is 0 Å². The molecule has 1 aromatic rings. The number of carbonyl (C=O) groups excluding carboxylic acids is 1. The summed E-state index contributed by atoms with van der Waals surface area (Å²) < 4.78 is 5.30. The lowest BCUT2D eigenvalue weighted by Crippen LogP contribution is -2.30. The first-order valence-corrected chi connectivity index (χ1v) is 6.33. The maximum Gasteiger partial charge on any atom is 0.335 e. The number of aromatic carboxylic acids is 1. The molecule has 1 N–H and O–H groups in total. The van der Waals surface area contributed by atoms with Crippen LogP contribution >= 0.6 is 0 Å². The summed E-state index contributed by atoms with van der Waals surface area (Å²) in [5.41, 5.74) is 0.397. The van der Waals surface area contributed by atoms with Crippen molar-refractivity contribution in [2.24, 2.45) is 0 Å². The maximum absolute atomic E-state index is 12.2. The largest absolute Gasteiger partial charge is 0.494 e. The average molecular weight is 265 g/mol. The minimum Gasteiger partial charge on any atom is -0.494 e. The molecule has 0 spiro atoms. The molecule has 0 atom stereocenters. The van der Waals surface area contributed by atoms with Gasteiger partial charge in [0.25, 0.3) is 5.91 Å². The monoisotopic (exact) mass is 265 g/mol. The molecule has 0 fully saturated rings. The SMILES string of the molecule is CCOc1cc(C(=O)O)cc(C(=O)N(CC)CC)c1. The molecule has 1 amide bonds. The van der Waals surface area contributed by atoms with Gasteiger partial charge in [-0.15, -0.1) is 0 Å². The molecule has 0 saturated heterocycles. The molecular formula is C14H19NO4. The molecule has 0 saturated carbocycles. The Morgan fingerprint density at radius 3 is 2.16 bits per heavy atom. The van der Waals surface area contributed by atoms with Crippen LogP contribution in [0.2, 0.25) is 0 Å². The van der Waals surface area contributed by atoms with Crippen molar-refractivity contribution >= 4 is 11.9 Å². The molecule has 0 heterocycles. The number of nitrogens with zero attached hydrogens (tertiary/aromatic N) is 1. The first-order valence-electron chi connectivity index (χ1n) is 6.33. The zero-order valence-corrected chi connectivity index (χ0v) is 11.5. The lowest BCUT2D eigenvalue weighted by molar-refractivity contribution is 0.0696. The van der Waals surface area contributed by atoms with Gasteiger partial charge in [0.2, 0.25) is 0 Å². The number of carboxylic acids is 1. The van der Waals surface area contributed by atoms with E-state index < -0.39 is 5.97 Å². The third kappa shape index (κ3) is 3.71. The van der Waals surface area contributed by atoms with Crippen LogP contribution in [-0.2, 0) is 0 Å². The molecule has 0 radical (unpaired) electrons. The van der Waals surface area contributed by atoms with E-state index in [-0.39, 0.29) is 11.5 Å². The summed E-state index contributed by atoms with van der Waals surface area (Å²) in [5.74, 6) is -0.859. The number of carbonyl (C=O) groups is 2. The Morgan fingerprint density at radius 1 is 1.11 bits per heavy atom. The second-order valence-electron chi connectivity index (χ2n) is 3.96. The predicted molar refractivity (Wildman–Crippen MR) is 71.8 cm³/mol. The van der Waals surface area contributed by atoms with Gasteiger partial charge in [-0.05, 0) is 39.0 Å². The van der Waals surface area contributed by atoms with E-state index in [0.717, 1.165) is 0 Å². The summed E-state index contributed by atoms with van der Waals surface area (Å²) in [6.45, 7) is 7.15. The Labute approximate surface area is 112 Å². The quantitative estimate of drug-likeness (QED) is 0.856. The third-order valence-corrected chi connectivity index (χ3v) is 2.76. The van der Waals surface area contributed by atoms with E-state index in [1.807, 2.05) is 13.8 Å². The number of rotatable bonds is 6. The molecule has 0 aromatic heterocycles. The zero-order valence-electron chi connectivity index (χ0n) is 11.5. The van der Waals surface area contributed by atoms with Gasteiger partial charge in [-0.1, -0.05) is 0 Å². The van der Waals surface area contributed by atoms with Gasteiger partial charge < -0.3 is 14.7 Å². The van der Waals surface area contributed by atoms with Gasteiger partial charge in [-0.25, -0.2) is 4.79 Å². The summed E-state index contributed by atoms with van der Waals surface area (Å²) in [6, 6.07) is 4.38. The Kier molecular flexibility index (Phi) is 5.36. The Balaban J connectivity index is 3.18. The highest BCUT2D eigenvalue weighted by atomic mass is 16.5. The molecule has 1 rings (SSSR count). The van der Waals surface area contributed by atoms with Gasteiger partial charge in [0.15, 0.2) is 0 Å². The van der Waals surface area contributed by atoms with Crippen LogP contribution in [0.1, 0.15) is 41.5 Å². The fraction of sp³-hybridized carbons (Fsp3) is 0.429. The molecule has 19 heavy (non-hydrogen) atoms. The Hall–Kier alpha value is -2.04. The normalized spacial score (nSPS) is 10.1. The van der Waals surface area contributed by atoms with Gasteiger partial charge in [0, 0.05) is 18.7 Å². The van der Waals surface area contributed by atoms with Crippen molar-refractivity contribution in [3.63, 3.8) is 0 Å². The summed E-state index contributed by atoms with van der Waals surface area (Å²) in [4.78, 5) is 24.9. The van der Waals surface area contributed by atoms with Crippen molar-refractivity contribution in [1.82, 2.24) is 4.90 Å². The zero-order chi connectivity index (χ0) is 14.4. The van der Waals surface area contributed by atoms with Gasteiger partial charge in [0.05, 0.1) is 12.2 Å². The molecule has 104 valence electrons. The lowest BCUT2D eigenvalue weighted by atomic mass is 10.1. The topological polar surface area (TPSA) is 66.8 Å². The molecule has 1 aromatic carbocycles. The van der Waals surface area contributed by atoms with Crippen molar-refractivity contribution < 1.29 is 19.4 Å². The lowest BCUT2D eigenvalue weighted by Gasteiger charge is -2.19. The number of ether oxygens (including phenoxy) is 1. The molecule has 0 aliphatic heterocycles. The van der Waals surface area contributed by atoms with E-state index in [0.29, 0.717) is 31.0 Å². The first-order chi connectivity index (χ1) is 9.03. The highest BCUT2D eigenvalue weighted by molar-refractivity contribution is 5.98.